The molecule has 3 unspecified atom stereocenters. The van der Waals surface area contributed by atoms with Crippen LogP contribution in [0.2, 0.25) is 5.02 Å². The molecule has 0 saturated carbocycles. The van der Waals surface area contributed by atoms with Crippen LogP contribution in [-0.2, 0) is 4.74 Å². The highest BCUT2D eigenvalue weighted by atomic mass is 35.5. The highest BCUT2D eigenvalue weighted by Gasteiger charge is 2.46. The summed E-state index contributed by atoms with van der Waals surface area (Å²) >= 11 is 7.13. The van der Waals surface area contributed by atoms with Crippen molar-refractivity contribution in [2.45, 2.75) is 34.7 Å². The van der Waals surface area contributed by atoms with Crippen LogP contribution in [0.4, 0.5) is 13.2 Å². The van der Waals surface area contributed by atoms with Crippen LogP contribution < -0.4 is 4.74 Å². The Morgan fingerprint density at radius 1 is 1.15 bits per heavy atom. The number of thioether (sulfide) groups is 1. The van der Waals surface area contributed by atoms with Gasteiger partial charge in [0.05, 0.1) is 24.8 Å². The number of aliphatic hydroxyl groups is 3. The molecule has 3 N–H and O–H groups in total. The lowest BCUT2D eigenvalue weighted by Gasteiger charge is -2.41. The number of halogens is 4. The van der Waals surface area contributed by atoms with E-state index in [2.05, 4.69) is 10.3 Å². The maximum absolute atomic E-state index is 13.6. The van der Waals surface area contributed by atoms with Gasteiger partial charge in [0.25, 0.3) is 0 Å². The Morgan fingerprint density at radius 2 is 1.85 bits per heavy atom. The fourth-order valence-corrected chi connectivity index (χ4v) is 5.05. The van der Waals surface area contributed by atoms with Gasteiger partial charge in [-0.2, -0.15) is 0 Å². The van der Waals surface area contributed by atoms with Crippen molar-refractivity contribution in [2.75, 3.05) is 13.7 Å². The SMILES string of the molecule is COc1ccc(Cl)cc1S[C@H]1OC(CO)[C@H](O)C(n2cc(-c3cc(F)c(F)c(F)c3)nn2)C1O. The predicted molar refractivity (Wildman–Crippen MR) is 116 cm³/mol. The molecule has 1 saturated heterocycles. The van der Waals surface area contributed by atoms with Gasteiger partial charge in [-0.1, -0.05) is 28.6 Å². The van der Waals surface area contributed by atoms with E-state index >= 15 is 0 Å². The molecule has 0 amide bonds. The average molecular weight is 518 g/mol. The second-order valence-corrected chi connectivity index (χ2v) is 9.02. The smallest absolute Gasteiger partial charge is 0.194 e. The van der Waals surface area contributed by atoms with E-state index in [1.54, 1.807) is 18.2 Å². The Balaban J connectivity index is 1.65. The predicted octanol–water partition coefficient (Wildman–Crippen LogP) is 2.80. The first-order valence-electron chi connectivity index (χ1n) is 9.93. The number of aromatic nitrogens is 3. The Labute approximate surface area is 200 Å². The molecule has 4 rings (SSSR count). The summed E-state index contributed by atoms with van der Waals surface area (Å²) < 4.78 is 52.7. The van der Waals surface area contributed by atoms with E-state index in [0.29, 0.717) is 15.7 Å². The summed E-state index contributed by atoms with van der Waals surface area (Å²) in [5.41, 5.74) is -1.11. The van der Waals surface area contributed by atoms with Gasteiger partial charge in [0, 0.05) is 10.6 Å². The van der Waals surface area contributed by atoms with E-state index in [9.17, 15) is 28.5 Å². The van der Waals surface area contributed by atoms with E-state index in [-0.39, 0.29) is 11.3 Å². The minimum Gasteiger partial charge on any atom is -0.496 e. The zero-order valence-corrected chi connectivity index (χ0v) is 19.1. The van der Waals surface area contributed by atoms with Gasteiger partial charge in [-0.3, -0.25) is 0 Å². The Hall–Kier alpha value is -2.35. The summed E-state index contributed by atoms with van der Waals surface area (Å²) in [6.07, 6.45) is -2.63. The van der Waals surface area contributed by atoms with Crippen LogP contribution in [0.1, 0.15) is 6.04 Å². The molecule has 0 aliphatic carbocycles. The van der Waals surface area contributed by atoms with E-state index in [1.807, 2.05) is 0 Å². The maximum atomic E-state index is 13.6. The van der Waals surface area contributed by atoms with Gasteiger partial charge in [0.1, 0.15) is 41.2 Å². The highest BCUT2D eigenvalue weighted by Crippen LogP contribution is 2.42. The van der Waals surface area contributed by atoms with Gasteiger partial charge in [-0.15, -0.1) is 5.10 Å². The van der Waals surface area contributed by atoms with Crippen LogP contribution in [-0.4, -0.2) is 67.8 Å². The van der Waals surface area contributed by atoms with E-state index in [4.69, 9.17) is 21.1 Å². The normalized spacial score (nSPS) is 24.9. The summed E-state index contributed by atoms with van der Waals surface area (Å²) in [5, 5.41) is 39.6. The first-order valence-corrected chi connectivity index (χ1v) is 11.2. The molecule has 2 heterocycles. The Morgan fingerprint density at radius 3 is 2.50 bits per heavy atom. The lowest BCUT2D eigenvalue weighted by Crippen LogP contribution is -2.55. The number of aliphatic hydroxyl groups excluding tert-OH is 3. The molecule has 182 valence electrons. The minimum atomic E-state index is -1.62. The van der Waals surface area contributed by atoms with Crippen molar-refractivity contribution in [3.63, 3.8) is 0 Å². The fraction of sp³-hybridized carbons (Fsp3) is 0.333. The van der Waals surface area contributed by atoms with Crippen molar-refractivity contribution in [3.8, 4) is 17.0 Å². The molecule has 34 heavy (non-hydrogen) atoms. The summed E-state index contributed by atoms with van der Waals surface area (Å²) in [7, 11) is 1.46. The Bertz CT molecular complexity index is 1160. The van der Waals surface area contributed by atoms with E-state index in [1.165, 1.54) is 13.3 Å². The number of hydrogen-bond acceptors (Lipinski definition) is 8. The third-order valence-electron chi connectivity index (χ3n) is 5.31. The average Bonchev–Trinajstić information content (AvgIpc) is 3.29. The molecule has 1 aromatic heterocycles. The molecule has 1 fully saturated rings. The molecular formula is C21H19ClF3N3O5S. The molecule has 3 aromatic rings. The fourth-order valence-electron chi connectivity index (χ4n) is 3.60. The molecule has 1 aliphatic heterocycles. The van der Waals surface area contributed by atoms with Crippen LogP contribution in [0.3, 0.4) is 0 Å². The first-order chi connectivity index (χ1) is 16.2. The Kier molecular flexibility index (Phi) is 7.36. The lowest BCUT2D eigenvalue weighted by molar-refractivity contribution is -0.178. The van der Waals surface area contributed by atoms with E-state index in [0.717, 1.165) is 28.6 Å². The molecular weight excluding hydrogens is 499 g/mol. The van der Waals surface area contributed by atoms with Crippen molar-refractivity contribution in [1.82, 2.24) is 15.0 Å². The number of rotatable bonds is 6. The molecule has 5 atom stereocenters. The van der Waals surface area contributed by atoms with Crippen molar-refractivity contribution in [3.05, 3.63) is 59.0 Å². The summed E-state index contributed by atoms with van der Waals surface area (Å²) in [6.45, 7) is -0.565. The lowest BCUT2D eigenvalue weighted by atomic mass is 9.97. The van der Waals surface area contributed by atoms with Gasteiger partial charge in [0.2, 0.25) is 0 Å². The summed E-state index contributed by atoms with van der Waals surface area (Å²) in [5.74, 6) is -3.95. The quantitative estimate of drug-likeness (QED) is 0.428. The molecule has 0 radical (unpaired) electrons. The minimum absolute atomic E-state index is 0.0232. The zero-order valence-electron chi connectivity index (χ0n) is 17.5. The maximum Gasteiger partial charge on any atom is 0.194 e. The van der Waals surface area contributed by atoms with Crippen molar-refractivity contribution in [1.29, 1.82) is 0 Å². The van der Waals surface area contributed by atoms with Crippen molar-refractivity contribution < 1.29 is 38.0 Å². The van der Waals surface area contributed by atoms with Gasteiger partial charge < -0.3 is 24.8 Å². The third kappa shape index (κ3) is 4.74. The second-order valence-electron chi connectivity index (χ2n) is 7.45. The van der Waals surface area contributed by atoms with E-state index < -0.39 is 53.8 Å². The summed E-state index contributed by atoms with van der Waals surface area (Å²) in [6, 6.07) is 5.24. The van der Waals surface area contributed by atoms with Gasteiger partial charge >= 0.3 is 0 Å². The van der Waals surface area contributed by atoms with Crippen LogP contribution in [0, 0.1) is 17.5 Å². The van der Waals surface area contributed by atoms with Gasteiger partial charge in [0.15, 0.2) is 17.5 Å². The van der Waals surface area contributed by atoms with Gasteiger partial charge in [-0.05, 0) is 30.3 Å². The number of methoxy groups -OCH3 is 1. The van der Waals surface area contributed by atoms with Crippen LogP contribution in [0.25, 0.3) is 11.3 Å². The molecule has 1 aliphatic rings. The van der Waals surface area contributed by atoms with Crippen LogP contribution in [0.15, 0.2) is 41.4 Å². The summed E-state index contributed by atoms with van der Waals surface area (Å²) in [4.78, 5) is 0.544. The zero-order chi connectivity index (χ0) is 24.6. The number of hydrogen-bond donors (Lipinski definition) is 3. The highest BCUT2D eigenvalue weighted by molar-refractivity contribution is 8.00. The molecule has 0 spiro atoms. The number of benzene rings is 2. The second kappa shape index (κ2) is 10.1. The van der Waals surface area contributed by atoms with Crippen molar-refractivity contribution in [2.24, 2.45) is 0 Å². The van der Waals surface area contributed by atoms with Crippen molar-refractivity contribution >= 4 is 23.4 Å². The van der Waals surface area contributed by atoms with Crippen LogP contribution >= 0.6 is 23.4 Å². The molecule has 8 nitrogen and oxygen atoms in total. The number of ether oxygens (including phenoxy) is 2. The van der Waals surface area contributed by atoms with Gasteiger partial charge in [-0.25, -0.2) is 17.9 Å². The standard InChI is InChI=1S/C21H19ClF3N3O5S/c1-32-14-3-2-10(22)6-16(14)34-21-20(31)18(19(30)15(8-29)33-21)28-7-13(26-27-28)9-4-11(23)17(25)12(24)5-9/h2-7,15,18-21,29-31H,8H2,1H3/t15?,18?,19-,20?,21+/m0/s1. The third-order valence-corrected chi connectivity index (χ3v) is 6.74. The number of nitrogens with zero attached hydrogens (tertiary/aromatic N) is 3. The largest absolute Gasteiger partial charge is 0.496 e. The monoisotopic (exact) mass is 517 g/mol. The molecule has 13 heteroatoms. The topological polar surface area (TPSA) is 110 Å². The molecule has 0 bridgehead atoms. The van der Waals surface area contributed by atoms with Crippen LogP contribution in [0.5, 0.6) is 5.75 Å². The molecule has 2 aromatic carbocycles. The first kappa shape index (κ1) is 24.8.